The number of hydrogen-bond acceptors (Lipinski definition) is 3. The van der Waals surface area contributed by atoms with Crippen molar-refractivity contribution in [1.29, 1.82) is 0 Å². The molecule has 0 bridgehead atoms. The quantitative estimate of drug-likeness (QED) is 0.916. The van der Waals surface area contributed by atoms with Crippen molar-refractivity contribution in [2.75, 3.05) is 33.7 Å². The van der Waals surface area contributed by atoms with Gasteiger partial charge < -0.3 is 10.6 Å². The van der Waals surface area contributed by atoms with Crippen LogP contribution in [0, 0.1) is 0 Å². The van der Waals surface area contributed by atoms with Gasteiger partial charge in [0.1, 0.15) is 0 Å². The molecule has 0 radical (unpaired) electrons. The van der Waals surface area contributed by atoms with Crippen LogP contribution in [0.3, 0.4) is 0 Å². The minimum Gasteiger partial charge on any atom is -0.323 e. The lowest BCUT2D eigenvalue weighted by Crippen LogP contribution is -2.34. The van der Waals surface area contributed by atoms with Gasteiger partial charge in [0.15, 0.2) is 0 Å². The van der Waals surface area contributed by atoms with Crippen molar-refractivity contribution < 1.29 is 0 Å². The van der Waals surface area contributed by atoms with Gasteiger partial charge in [-0.3, -0.25) is 4.90 Å². The molecule has 2 atom stereocenters. The largest absolute Gasteiger partial charge is 0.323 e. The molecule has 1 saturated heterocycles. The zero-order valence-electron chi connectivity index (χ0n) is 11.8. The zero-order chi connectivity index (χ0) is 12.3. The third-order valence-corrected chi connectivity index (χ3v) is 3.66. The van der Waals surface area contributed by atoms with Gasteiger partial charge in [-0.2, -0.15) is 27.0 Å². The summed E-state index contributed by atoms with van der Waals surface area (Å²) in [6.45, 7) is 3.28. The maximum atomic E-state index is 6.24. The average molecular weight is 302 g/mol. The van der Waals surface area contributed by atoms with Crippen LogP contribution in [0.25, 0.3) is 0 Å². The normalized spacial score (nSPS) is 20.7. The van der Waals surface area contributed by atoms with Crippen LogP contribution in [-0.4, -0.2) is 49.6 Å². The van der Waals surface area contributed by atoms with E-state index in [9.17, 15) is 0 Å². The summed E-state index contributed by atoms with van der Waals surface area (Å²) in [5.74, 6) is 0. The minimum atomic E-state index is 0. The Bertz CT molecular complexity index is 346. The van der Waals surface area contributed by atoms with Gasteiger partial charge >= 0.3 is 0 Å². The van der Waals surface area contributed by atoms with Crippen molar-refractivity contribution in [3.8, 4) is 0 Å². The molecular weight excluding hydrogens is 274 g/mol. The Labute approximate surface area is 131 Å². The second-order valence-electron chi connectivity index (χ2n) is 5.18. The van der Waals surface area contributed by atoms with Crippen molar-refractivity contribution >= 4 is 27.0 Å². The Morgan fingerprint density at radius 2 is 1.89 bits per heavy atom. The van der Waals surface area contributed by atoms with Gasteiger partial charge in [0.05, 0.1) is 0 Å². The monoisotopic (exact) mass is 301 g/mol. The van der Waals surface area contributed by atoms with Gasteiger partial charge in [0.2, 0.25) is 0 Å². The van der Waals surface area contributed by atoms with Crippen LogP contribution in [0.5, 0.6) is 0 Å². The standard InChI is InChI=1S/C14H23N3.2H2S/c1-16(2)13-8-9-17(10-13)11-14(15)12-6-4-3-5-7-12;;/h3-7,13-14H,8-11,15H2,1-2H3;2*1H2/t13-,14+;;/m0../s1. The third-order valence-electron chi connectivity index (χ3n) is 3.66. The molecule has 0 aliphatic carbocycles. The molecule has 0 unspecified atom stereocenters. The maximum Gasteiger partial charge on any atom is 0.0424 e. The smallest absolute Gasteiger partial charge is 0.0424 e. The molecule has 110 valence electrons. The second kappa shape index (κ2) is 8.87. The van der Waals surface area contributed by atoms with E-state index in [0.717, 1.165) is 13.1 Å². The molecular formula is C14H27N3S2. The molecule has 0 spiro atoms. The first-order valence-corrected chi connectivity index (χ1v) is 6.36. The average Bonchev–Trinajstić information content (AvgIpc) is 2.79. The number of rotatable bonds is 4. The van der Waals surface area contributed by atoms with Crippen molar-refractivity contribution in [1.82, 2.24) is 9.80 Å². The Morgan fingerprint density at radius 3 is 2.42 bits per heavy atom. The molecule has 1 heterocycles. The third kappa shape index (κ3) is 5.36. The van der Waals surface area contributed by atoms with E-state index in [1.807, 2.05) is 6.07 Å². The van der Waals surface area contributed by atoms with E-state index in [0.29, 0.717) is 6.04 Å². The molecule has 0 amide bonds. The van der Waals surface area contributed by atoms with Gasteiger partial charge in [0.25, 0.3) is 0 Å². The first-order valence-electron chi connectivity index (χ1n) is 6.36. The van der Waals surface area contributed by atoms with Crippen LogP contribution in [-0.2, 0) is 0 Å². The molecule has 1 aromatic carbocycles. The summed E-state index contributed by atoms with van der Waals surface area (Å²) in [5, 5.41) is 0. The Morgan fingerprint density at radius 1 is 1.26 bits per heavy atom. The van der Waals surface area contributed by atoms with Gasteiger partial charge in [0, 0.05) is 25.2 Å². The Hall–Kier alpha value is -0.200. The van der Waals surface area contributed by atoms with Crippen LogP contribution in [0.1, 0.15) is 18.0 Å². The number of benzene rings is 1. The van der Waals surface area contributed by atoms with Gasteiger partial charge in [-0.15, -0.1) is 0 Å². The molecule has 1 fully saturated rings. The van der Waals surface area contributed by atoms with E-state index in [1.165, 1.54) is 18.5 Å². The zero-order valence-corrected chi connectivity index (χ0v) is 13.8. The maximum absolute atomic E-state index is 6.24. The molecule has 3 nitrogen and oxygen atoms in total. The van der Waals surface area contributed by atoms with Crippen LogP contribution in [0.2, 0.25) is 0 Å². The van der Waals surface area contributed by atoms with E-state index < -0.39 is 0 Å². The molecule has 0 aromatic heterocycles. The topological polar surface area (TPSA) is 32.5 Å². The SMILES string of the molecule is CN(C)[C@H]1CCN(C[C@@H](N)c2ccccc2)C1.S.S. The lowest BCUT2D eigenvalue weighted by Gasteiger charge is -2.23. The van der Waals surface area contributed by atoms with E-state index in [-0.39, 0.29) is 33.0 Å². The van der Waals surface area contributed by atoms with Gasteiger partial charge in [-0.25, -0.2) is 0 Å². The highest BCUT2D eigenvalue weighted by Crippen LogP contribution is 2.17. The lowest BCUT2D eigenvalue weighted by molar-refractivity contribution is 0.260. The first-order chi connectivity index (χ1) is 8.16. The first kappa shape index (κ1) is 18.8. The highest BCUT2D eigenvalue weighted by Gasteiger charge is 2.25. The summed E-state index contributed by atoms with van der Waals surface area (Å²) in [6, 6.07) is 11.2. The van der Waals surface area contributed by atoms with Crippen LogP contribution >= 0.6 is 27.0 Å². The fourth-order valence-corrected chi connectivity index (χ4v) is 2.48. The lowest BCUT2D eigenvalue weighted by atomic mass is 10.1. The van der Waals surface area contributed by atoms with E-state index in [4.69, 9.17) is 5.73 Å². The van der Waals surface area contributed by atoms with Crippen LogP contribution in [0.15, 0.2) is 30.3 Å². The number of nitrogens with zero attached hydrogens (tertiary/aromatic N) is 2. The summed E-state index contributed by atoms with van der Waals surface area (Å²) in [7, 11) is 4.32. The predicted octanol–water partition coefficient (Wildman–Crippen LogP) is 1.55. The van der Waals surface area contributed by atoms with Crippen molar-refractivity contribution in [3.05, 3.63) is 35.9 Å². The van der Waals surface area contributed by atoms with Crippen molar-refractivity contribution in [2.45, 2.75) is 18.5 Å². The number of nitrogens with two attached hydrogens (primary N) is 1. The summed E-state index contributed by atoms with van der Waals surface area (Å²) in [6.07, 6.45) is 1.26. The van der Waals surface area contributed by atoms with Crippen LogP contribution in [0.4, 0.5) is 0 Å². The summed E-state index contributed by atoms with van der Waals surface area (Å²) in [5.41, 5.74) is 7.48. The molecule has 2 rings (SSSR count). The minimum absolute atomic E-state index is 0. The van der Waals surface area contributed by atoms with E-state index in [1.54, 1.807) is 0 Å². The molecule has 1 aliphatic heterocycles. The Kier molecular flexibility index (Phi) is 8.78. The molecule has 1 aromatic rings. The van der Waals surface area contributed by atoms with Gasteiger partial charge in [-0.1, -0.05) is 30.3 Å². The van der Waals surface area contributed by atoms with Crippen molar-refractivity contribution in [2.24, 2.45) is 5.73 Å². The molecule has 2 N–H and O–H groups in total. The Balaban J connectivity index is 0.00000162. The fourth-order valence-electron chi connectivity index (χ4n) is 2.48. The molecule has 19 heavy (non-hydrogen) atoms. The summed E-state index contributed by atoms with van der Waals surface area (Å²) >= 11 is 0. The predicted molar refractivity (Wildman–Crippen MR) is 92.7 cm³/mol. The number of hydrogen-bond donors (Lipinski definition) is 1. The molecule has 0 saturated carbocycles. The van der Waals surface area contributed by atoms with E-state index in [2.05, 4.69) is 48.2 Å². The van der Waals surface area contributed by atoms with Crippen LogP contribution < -0.4 is 5.73 Å². The fraction of sp³-hybridized carbons (Fsp3) is 0.571. The number of likely N-dealkylation sites (tertiary alicyclic amines) is 1. The summed E-state index contributed by atoms with van der Waals surface area (Å²) < 4.78 is 0. The van der Waals surface area contributed by atoms with Crippen molar-refractivity contribution in [3.63, 3.8) is 0 Å². The second-order valence-corrected chi connectivity index (χ2v) is 5.18. The van der Waals surface area contributed by atoms with Gasteiger partial charge in [-0.05, 0) is 32.6 Å². The highest BCUT2D eigenvalue weighted by atomic mass is 32.1. The molecule has 5 heteroatoms. The highest BCUT2D eigenvalue weighted by molar-refractivity contribution is 7.59. The summed E-state index contributed by atoms with van der Waals surface area (Å²) in [4.78, 5) is 4.79. The van der Waals surface area contributed by atoms with E-state index >= 15 is 0 Å². The molecule has 1 aliphatic rings. The number of likely N-dealkylation sites (N-methyl/N-ethyl adjacent to an activating group) is 1.